The summed E-state index contributed by atoms with van der Waals surface area (Å²) in [6, 6.07) is 24.4. The van der Waals surface area contributed by atoms with E-state index in [1.807, 2.05) is 26.3 Å². The predicted octanol–water partition coefficient (Wildman–Crippen LogP) is 8.38. The largest absolute Gasteiger partial charge is 0.493 e. The van der Waals surface area contributed by atoms with Crippen LogP contribution in [0.5, 0.6) is 5.75 Å². The van der Waals surface area contributed by atoms with Crippen molar-refractivity contribution in [3.05, 3.63) is 107 Å². The van der Waals surface area contributed by atoms with Crippen molar-refractivity contribution in [2.75, 3.05) is 32.9 Å². The van der Waals surface area contributed by atoms with Crippen molar-refractivity contribution < 1.29 is 9.47 Å². The number of benzene rings is 3. The molecule has 1 unspecified atom stereocenters. The standard InChI is InChI=1S/C36H39N3O2.C2H6/c1-25(2)23-37-24-27(4)36(39-15-18-40-19-16-39)31-11-9-29-12-14-38-35(33(29)21-31)30-7-5-6-28(20-30)13-17-41-34-22-32(36)10-8-26(34)3;1-2/h5-12,14,20-25H,13,15-19H2,1-4H3;1-2H3/b27-24+,37-23?;. The van der Waals surface area contributed by atoms with Gasteiger partial charge in [-0.1, -0.05) is 70.2 Å². The van der Waals surface area contributed by atoms with E-state index in [0.29, 0.717) is 25.7 Å². The summed E-state index contributed by atoms with van der Waals surface area (Å²) in [6.45, 7) is 16.3. The molecule has 3 aromatic carbocycles. The summed E-state index contributed by atoms with van der Waals surface area (Å²) >= 11 is 0. The highest BCUT2D eigenvalue weighted by atomic mass is 16.5. The highest BCUT2D eigenvalue weighted by molar-refractivity contribution is 5.95. The van der Waals surface area contributed by atoms with Crippen molar-refractivity contribution in [1.82, 2.24) is 9.88 Å². The number of ether oxygens (including phenoxy) is 2. The van der Waals surface area contributed by atoms with Gasteiger partial charge in [0.2, 0.25) is 0 Å². The van der Waals surface area contributed by atoms with Crippen molar-refractivity contribution in [3.63, 3.8) is 0 Å². The number of aromatic nitrogens is 1. The minimum absolute atomic E-state index is 0.367. The third-order valence-electron chi connectivity index (χ3n) is 8.35. The van der Waals surface area contributed by atoms with E-state index in [1.54, 1.807) is 0 Å². The van der Waals surface area contributed by atoms with Gasteiger partial charge in [0.05, 0.1) is 31.1 Å². The molecule has 0 amide bonds. The number of nitrogens with zero attached hydrogens (tertiary/aromatic N) is 3. The Kier molecular flexibility index (Phi) is 9.74. The first-order valence-electron chi connectivity index (χ1n) is 15.7. The Hall–Kier alpha value is -3.80. The van der Waals surface area contributed by atoms with Gasteiger partial charge in [-0.2, -0.15) is 0 Å². The summed E-state index contributed by atoms with van der Waals surface area (Å²) in [5.74, 6) is 1.29. The molecule has 6 bridgehead atoms. The van der Waals surface area contributed by atoms with Crippen LogP contribution in [0.3, 0.4) is 0 Å². The summed E-state index contributed by atoms with van der Waals surface area (Å²) < 4.78 is 12.4. The van der Waals surface area contributed by atoms with Crippen LogP contribution >= 0.6 is 0 Å². The first-order chi connectivity index (χ1) is 21.0. The number of hydrogen-bond donors (Lipinski definition) is 0. The van der Waals surface area contributed by atoms with E-state index in [2.05, 4.69) is 106 Å². The van der Waals surface area contributed by atoms with Gasteiger partial charge in [0, 0.05) is 49.1 Å². The molecule has 1 atom stereocenters. The lowest BCUT2D eigenvalue weighted by molar-refractivity contribution is 0.00104. The molecule has 1 saturated heterocycles. The highest BCUT2D eigenvalue weighted by Crippen LogP contribution is 2.46. The van der Waals surface area contributed by atoms with Crippen LogP contribution < -0.4 is 4.74 Å². The Morgan fingerprint density at radius 1 is 0.953 bits per heavy atom. The van der Waals surface area contributed by atoms with Gasteiger partial charge in [-0.3, -0.25) is 14.9 Å². The summed E-state index contributed by atoms with van der Waals surface area (Å²) in [4.78, 5) is 12.3. The Labute approximate surface area is 257 Å². The monoisotopic (exact) mass is 575 g/mol. The van der Waals surface area contributed by atoms with Gasteiger partial charge in [0.15, 0.2) is 0 Å². The minimum Gasteiger partial charge on any atom is -0.493 e. The van der Waals surface area contributed by atoms with Gasteiger partial charge in [-0.05, 0) is 77.2 Å². The van der Waals surface area contributed by atoms with E-state index in [-0.39, 0.29) is 0 Å². The normalized spacial score (nSPS) is 19.2. The van der Waals surface area contributed by atoms with E-state index in [4.69, 9.17) is 19.5 Å². The third kappa shape index (κ3) is 6.15. The molecule has 5 heteroatoms. The van der Waals surface area contributed by atoms with Crippen molar-refractivity contribution >= 4 is 17.0 Å². The Morgan fingerprint density at radius 3 is 2.51 bits per heavy atom. The number of hydrogen-bond acceptors (Lipinski definition) is 5. The minimum atomic E-state index is -0.572. The molecular formula is C38H45N3O2. The molecule has 0 N–H and O–H groups in total. The predicted molar refractivity (Wildman–Crippen MR) is 179 cm³/mol. The lowest BCUT2D eigenvalue weighted by atomic mass is 9.74. The second kappa shape index (κ2) is 13.7. The maximum absolute atomic E-state index is 6.50. The zero-order chi connectivity index (χ0) is 30.4. The molecule has 0 spiro atoms. The van der Waals surface area contributed by atoms with Crippen LogP contribution in [-0.2, 0) is 16.7 Å². The Morgan fingerprint density at radius 2 is 1.72 bits per heavy atom. The van der Waals surface area contributed by atoms with Gasteiger partial charge in [-0.25, -0.2) is 0 Å². The number of aliphatic imine (C=N–C) groups is 1. The molecule has 1 aromatic heterocycles. The van der Waals surface area contributed by atoms with Gasteiger partial charge in [-0.15, -0.1) is 0 Å². The summed E-state index contributed by atoms with van der Waals surface area (Å²) in [6.07, 6.45) is 6.81. The van der Waals surface area contributed by atoms with Gasteiger partial charge < -0.3 is 9.47 Å². The SMILES string of the molecule is C/C(=C\N=CC(C)C)C1(N2CCOCC2)c2ccc(C)c(c2)OCCc2cccc(c2)-c2nccc3ccc1cc23.CC. The molecule has 5 nitrogen and oxygen atoms in total. The molecular weight excluding hydrogens is 530 g/mol. The summed E-state index contributed by atoms with van der Waals surface area (Å²) in [5, 5.41) is 2.33. The smallest absolute Gasteiger partial charge is 0.122 e. The van der Waals surface area contributed by atoms with E-state index >= 15 is 0 Å². The van der Waals surface area contributed by atoms with Crippen LogP contribution in [-0.4, -0.2) is 49.0 Å². The first kappa shape index (κ1) is 30.7. The third-order valence-corrected chi connectivity index (χ3v) is 8.35. The average molecular weight is 576 g/mol. The molecule has 43 heavy (non-hydrogen) atoms. The number of rotatable bonds is 4. The second-order valence-corrected chi connectivity index (χ2v) is 11.5. The molecule has 3 heterocycles. The fraction of sp³-hybridized carbons (Fsp3) is 0.368. The maximum atomic E-state index is 6.50. The summed E-state index contributed by atoms with van der Waals surface area (Å²) in [5.41, 5.74) is 7.46. The second-order valence-electron chi connectivity index (χ2n) is 11.5. The van der Waals surface area contributed by atoms with Gasteiger partial charge in [0.25, 0.3) is 0 Å². The van der Waals surface area contributed by atoms with E-state index in [9.17, 15) is 0 Å². The lowest BCUT2D eigenvalue weighted by Crippen LogP contribution is -2.53. The fourth-order valence-electron chi connectivity index (χ4n) is 6.31. The molecule has 4 aromatic rings. The number of pyridine rings is 1. The van der Waals surface area contributed by atoms with Crippen LogP contribution in [0.25, 0.3) is 22.0 Å². The van der Waals surface area contributed by atoms with Crippen molar-refractivity contribution in [2.45, 2.75) is 53.5 Å². The van der Waals surface area contributed by atoms with Crippen LogP contribution in [0.15, 0.2) is 89.7 Å². The molecule has 1 fully saturated rings. The zero-order valence-corrected chi connectivity index (χ0v) is 26.6. The maximum Gasteiger partial charge on any atom is 0.122 e. The van der Waals surface area contributed by atoms with Crippen molar-refractivity contribution in [1.29, 1.82) is 0 Å². The number of fused-ring (bicyclic) bond motifs is 6. The van der Waals surface area contributed by atoms with Crippen molar-refractivity contribution in [3.8, 4) is 17.0 Å². The molecule has 0 radical (unpaired) electrons. The van der Waals surface area contributed by atoms with Crippen LogP contribution in [0, 0.1) is 12.8 Å². The van der Waals surface area contributed by atoms with Gasteiger partial charge in [0.1, 0.15) is 5.75 Å². The fourth-order valence-corrected chi connectivity index (χ4v) is 6.31. The zero-order valence-electron chi connectivity index (χ0n) is 26.6. The molecule has 2 aliphatic rings. The van der Waals surface area contributed by atoms with Crippen molar-refractivity contribution in [2.24, 2.45) is 10.9 Å². The van der Waals surface area contributed by atoms with E-state index in [1.165, 1.54) is 22.1 Å². The molecule has 224 valence electrons. The summed E-state index contributed by atoms with van der Waals surface area (Å²) in [7, 11) is 0. The topological polar surface area (TPSA) is 47.0 Å². The molecule has 2 aliphatic heterocycles. The van der Waals surface area contributed by atoms with Crippen LogP contribution in [0.4, 0.5) is 0 Å². The Bertz CT molecular complexity index is 1620. The first-order valence-corrected chi connectivity index (χ1v) is 15.7. The number of aryl methyl sites for hydroxylation is 1. The Balaban J connectivity index is 0.00000180. The molecule has 0 saturated carbocycles. The van der Waals surface area contributed by atoms with Crippen LogP contribution in [0.2, 0.25) is 0 Å². The van der Waals surface area contributed by atoms with E-state index < -0.39 is 5.54 Å². The quantitative estimate of drug-likeness (QED) is 0.229. The van der Waals surface area contributed by atoms with Crippen LogP contribution in [0.1, 0.15) is 56.9 Å². The molecule has 0 aliphatic carbocycles. The lowest BCUT2D eigenvalue weighted by Gasteiger charge is -2.47. The number of morpholine rings is 1. The molecule has 6 rings (SSSR count). The average Bonchev–Trinajstić information content (AvgIpc) is 3.03. The van der Waals surface area contributed by atoms with E-state index in [0.717, 1.165) is 53.0 Å². The van der Waals surface area contributed by atoms with Gasteiger partial charge >= 0.3 is 0 Å². The highest BCUT2D eigenvalue weighted by Gasteiger charge is 2.43.